The number of methoxy groups -OCH3 is 1. The number of aliphatic hydroxyl groups excluding tert-OH is 1. The third kappa shape index (κ3) is 3.86. The van der Waals surface area contributed by atoms with E-state index in [2.05, 4.69) is 10.8 Å². The van der Waals surface area contributed by atoms with Crippen LogP contribution in [0.1, 0.15) is 36.1 Å². The van der Waals surface area contributed by atoms with Gasteiger partial charge in [0.05, 0.1) is 19.6 Å². The fourth-order valence-electron chi connectivity index (χ4n) is 1.97. The van der Waals surface area contributed by atoms with Crippen LogP contribution in [-0.4, -0.2) is 18.2 Å². The Labute approximate surface area is 102 Å². The lowest BCUT2D eigenvalue weighted by molar-refractivity contribution is -0.142. The molecule has 1 aromatic rings. The highest BCUT2D eigenvalue weighted by Gasteiger charge is 2.20. The highest BCUT2D eigenvalue weighted by atomic mass is 16.5. The van der Waals surface area contributed by atoms with E-state index in [1.807, 2.05) is 32.9 Å². The number of rotatable bonds is 4. The predicted molar refractivity (Wildman–Crippen MR) is 66.7 cm³/mol. The Morgan fingerprint density at radius 2 is 1.82 bits per heavy atom. The van der Waals surface area contributed by atoms with Gasteiger partial charge in [0, 0.05) is 0 Å². The van der Waals surface area contributed by atoms with Crippen molar-refractivity contribution in [1.82, 2.24) is 0 Å². The average Bonchev–Trinajstić information content (AvgIpc) is 2.26. The van der Waals surface area contributed by atoms with Crippen molar-refractivity contribution in [3.63, 3.8) is 0 Å². The molecule has 0 saturated heterocycles. The van der Waals surface area contributed by atoms with Crippen LogP contribution in [0.15, 0.2) is 18.2 Å². The van der Waals surface area contributed by atoms with E-state index in [4.69, 9.17) is 0 Å². The van der Waals surface area contributed by atoms with Crippen molar-refractivity contribution in [2.45, 2.75) is 33.3 Å². The van der Waals surface area contributed by atoms with Crippen LogP contribution in [0, 0.1) is 19.8 Å². The minimum absolute atomic E-state index is 0.149. The van der Waals surface area contributed by atoms with Crippen LogP contribution in [0.5, 0.6) is 0 Å². The number of aryl methyl sites for hydroxylation is 2. The number of carbonyl (C=O) groups is 1. The van der Waals surface area contributed by atoms with Crippen molar-refractivity contribution in [1.29, 1.82) is 0 Å². The monoisotopic (exact) mass is 236 g/mol. The minimum atomic E-state index is -0.632. The molecule has 2 atom stereocenters. The maximum atomic E-state index is 11.2. The van der Waals surface area contributed by atoms with E-state index in [9.17, 15) is 9.90 Å². The average molecular weight is 236 g/mol. The van der Waals surface area contributed by atoms with Gasteiger partial charge in [0.15, 0.2) is 0 Å². The maximum absolute atomic E-state index is 11.2. The van der Waals surface area contributed by atoms with E-state index in [0.717, 1.165) is 16.7 Å². The van der Waals surface area contributed by atoms with Gasteiger partial charge in [0.25, 0.3) is 0 Å². The Morgan fingerprint density at radius 3 is 2.29 bits per heavy atom. The second kappa shape index (κ2) is 5.82. The predicted octanol–water partition coefficient (Wildman–Crippen LogP) is 2.54. The summed E-state index contributed by atoms with van der Waals surface area (Å²) in [6, 6.07) is 5.96. The maximum Gasteiger partial charge on any atom is 0.305 e. The molecule has 0 bridgehead atoms. The van der Waals surface area contributed by atoms with Gasteiger partial charge in [-0.3, -0.25) is 4.79 Å². The lowest BCUT2D eigenvalue weighted by atomic mass is 9.92. The topological polar surface area (TPSA) is 46.5 Å². The highest BCUT2D eigenvalue weighted by Crippen LogP contribution is 2.26. The second-order valence-corrected chi connectivity index (χ2v) is 4.62. The smallest absolute Gasteiger partial charge is 0.305 e. The Bertz CT molecular complexity index is 378. The van der Waals surface area contributed by atoms with Crippen molar-refractivity contribution < 1.29 is 14.6 Å². The normalized spacial score (nSPS) is 14.2. The molecule has 0 aromatic heterocycles. The molecule has 2 unspecified atom stereocenters. The van der Waals surface area contributed by atoms with Crippen LogP contribution in [0.2, 0.25) is 0 Å². The van der Waals surface area contributed by atoms with E-state index in [-0.39, 0.29) is 18.3 Å². The van der Waals surface area contributed by atoms with Crippen LogP contribution >= 0.6 is 0 Å². The lowest BCUT2D eigenvalue weighted by Crippen LogP contribution is -2.15. The number of carbonyl (C=O) groups excluding carboxylic acids is 1. The number of aliphatic hydroxyl groups is 1. The summed E-state index contributed by atoms with van der Waals surface area (Å²) in [5.41, 5.74) is 3.09. The van der Waals surface area contributed by atoms with Crippen LogP contribution in [0.3, 0.4) is 0 Å². The van der Waals surface area contributed by atoms with Gasteiger partial charge < -0.3 is 9.84 Å². The zero-order valence-corrected chi connectivity index (χ0v) is 10.9. The summed E-state index contributed by atoms with van der Waals surface area (Å²) >= 11 is 0. The molecule has 1 rings (SSSR count). The summed E-state index contributed by atoms with van der Waals surface area (Å²) in [6.07, 6.45) is -0.405. The summed E-state index contributed by atoms with van der Waals surface area (Å²) < 4.78 is 4.60. The van der Waals surface area contributed by atoms with Gasteiger partial charge in [0.2, 0.25) is 0 Å². The van der Waals surface area contributed by atoms with Crippen LogP contribution in [0.4, 0.5) is 0 Å². The quantitative estimate of drug-likeness (QED) is 0.817. The molecule has 0 aliphatic carbocycles. The third-order valence-electron chi connectivity index (χ3n) is 2.84. The van der Waals surface area contributed by atoms with Gasteiger partial charge >= 0.3 is 5.97 Å². The molecule has 0 aliphatic rings. The SMILES string of the molecule is COC(=O)CC(C)C(O)c1cc(C)cc(C)c1. The van der Waals surface area contributed by atoms with E-state index < -0.39 is 6.10 Å². The first kappa shape index (κ1) is 13.7. The molecule has 3 heteroatoms. The first-order valence-electron chi connectivity index (χ1n) is 5.77. The largest absolute Gasteiger partial charge is 0.469 e. The van der Waals surface area contributed by atoms with Gasteiger partial charge in [-0.1, -0.05) is 36.2 Å². The van der Waals surface area contributed by atoms with E-state index >= 15 is 0 Å². The molecule has 0 aliphatic heterocycles. The molecule has 94 valence electrons. The van der Waals surface area contributed by atoms with Gasteiger partial charge in [-0.15, -0.1) is 0 Å². The first-order chi connectivity index (χ1) is 7.93. The molecule has 0 saturated carbocycles. The number of ether oxygens (including phenoxy) is 1. The number of benzene rings is 1. The van der Waals surface area contributed by atoms with Gasteiger partial charge in [-0.25, -0.2) is 0 Å². The van der Waals surface area contributed by atoms with E-state index in [1.165, 1.54) is 7.11 Å². The molecule has 0 radical (unpaired) electrons. The standard InChI is InChI=1S/C14H20O3/c1-9-5-10(2)7-12(6-9)14(16)11(3)8-13(15)17-4/h5-7,11,14,16H,8H2,1-4H3. The highest BCUT2D eigenvalue weighted by molar-refractivity contribution is 5.69. The molecular weight excluding hydrogens is 216 g/mol. The van der Waals surface area contributed by atoms with Crippen LogP contribution < -0.4 is 0 Å². The molecule has 0 fully saturated rings. The van der Waals surface area contributed by atoms with Gasteiger partial charge in [-0.05, 0) is 25.3 Å². The summed E-state index contributed by atoms with van der Waals surface area (Å²) in [5.74, 6) is -0.440. The molecule has 0 amide bonds. The third-order valence-corrected chi connectivity index (χ3v) is 2.84. The Balaban J connectivity index is 2.80. The zero-order valence-electron chi connectivity index (χ0n) is 10.9. The summed E-state index contributed by atoms with van der Waals surface area (Å²) in [5, 5.41) is 10.2. The molecular formula is C14H20O3. The summed E-state index contributed by atoms with van der Waals surface area (Å²) in [6.45, 7) is 5.83. The number of hydrogen-bond acceptors (Lipinski definition) is 3. The van der Waals surface area contributed by atoms with Gasteiger partial charge in [-0.2, -0.15) is 0 Å². The van der Waals surface area contributed by atoms with E-state index in [1.54, 1.807) is 0 Å². The number of hydrogen-bond donors (Lipinski definition) is 1. The fourth-order valence-corrected chi connectivity index (χ4v) is 1.97. The molecule has 1 N–H and O–H groups in total. The molecule has 0 heterocycles. The summed E-state index contributed by atoms with van der Waals surface area (Å²) in [4.78, 5) is 11.2. The molecule has 17 heavy (non-hydrogen) atoms. The van der Waals surface area contributed by atoms with Crippen LogP contribution in [0.25, 0.3) is 0 Å². The molecule has 1 aromatic carbocycles. The fraction of sp³-hybridized carbons (Fsp3) is 0.500. The van der Waals surface area contributed by atoms with Crippen molar-refractivity contribution in [2.24, 2.45) is 5.92 Å². The zero-order chi connectivity index (χ0) is 13.0. The molecule has 3 nitrogen and oxygen atoms in total. The molecule has 0 spiro atoms. The Hall–Kier alpha value is -1.35. The van der Waals surface area contributed by atoms with Crippen molar-refractivity contribution in [3.8, 4) is 0 Å². The van der Waals surface area contributed by atoms with Gasteiger partial charge in [0.1, 0.15) is 0 Å². The second-order valence-electron chi connectivity index (χ2n) is 4.62. The van der Waals surface area contributed by atoms with Crippen molar-refractivity contribution in [2.75, 3.05) is 7.11 Å². The minimum Gasteiger partial charge on any atom is -0.469 e. The Kier molecular flexibility index (Phi) is 4.70. The Morgan fingerprint density at radius 1 is 1.29 bits per heavy atom. The van der Waals surface area contributed by atoms with Crippen molar-refractivity contribution >= 4 is 5.97 Å². The van der Waals surface area contributed by atoms with Crippen LogP contribution in [-0.2, 0) is 9.53 Å². The van der Waals surface area contributed by atoms with E-state index in [0.29, 0.717) is 0 Å². The van der Waals surface area contributed by atoms with Crippen molar-refractivity contribution in [3.05, 3.63) is 34.9 Å². The lowest BCUT2D eigenvalue weighted by Gasteiger charge is -2.19. The first-order valence-corrected chi connectivity index (χ1v) is 5.77. The number of esters is 1. The summed E-state index contributed by atoms with van der Waals surface area (Å²) in [7, 11) is 1.36.